The molecule has 1 aliphatic rings. The van der Waals surface area contributed by atoms with Crippen LogP contribution in [0.3, 0.4) is 0 Å². The molecule has 3 nitrogen and oxygen atoms in total. The van der Waals surface area contributed by atoms with Crippen LogP contribution in [0.15, 0.2) is 24.3 Å². The van der Waals surface area contributed by atoms with Crippen LogP contribution in [-0.2, 0) is 9.53 Å². The van der Waals surface area contributed by atoms with Gasteiger partial charge in [-0.1, -0.05) is 38.2 Å². The van der Waals surface area contributed by atoms with Gasteiger partial charge in [-0.05, 0) is 30.5 Å². The van der Waals surface area contributed by atoms with Crippen molar-refractivity contribution in [2.45, 2.75) is 44.6 Å². The summed E-state index contributed by atoms with van der Waals surface area (Å²) in [5.74, 6) is -0.0370. The standard InChI is InChI=1S/C16H22FNO2/c1-20-16(19)15(10-12-6-3-2-4-7-12)18-14-9-5-8-13(17)11-14/h5,8-9,11-12,15,18H,2-4,6-7,10H2,1H3. The molecule has 2 rings (SSSR count). The van der Waals surface area contributed by atoms with Gasteiger partial charge in [-0.2, -0.15) is 0 Å². The van der Waals surface area contributed by atoms with Crippen LogP contribution in [-0.4, -0.2) is 19.1 Å². The Balaban J connectivity index is 2.01. The van der Waals surface area contributed by atoms with Crippen molar-refractivity contribution >= 4 is 11.7 Å². The van der Waals surface area contributed by atoms with E-state index < -0.39 is 6.04 Å². The highest BCUT2D eigenvalue weighted by atomic mass is 19.1. The van der Waals surface area contributed by atoms with Gasteiger partial charge in [0.15, 0.2) is 0 Å². The number of anilines is 1. The highest BCUT2D eigenvalue weighted by Gasteiger charge is 2.25. The van der Waals surface area contributed by atoms with Crippen molar-refractivity contribution < 1.29 is 13.9 Å². The van der Waals surface area contributed by atoms with Crippen molar-refractivity contribution in [3.05, 3.63) is 30.1 Å². The molecule has 110 valence electrons. The maximum atomic E-state index is 13.2. The molecule has 1 aromatic rings. The molecule has 4 heteroatoms. The van der Waals surface area contributed by atoms with Crippen molar-refractivity contribution in [2.24, 2.45) is 5.92 Å². The molecule has 0 saturated heterocycles. The van der Waals surface area contributed by atoms with E-state index in [1.807, 2.05) is 0 Å². The van der Waals surface area contributed by atoms with Gasteiger partial charge in [-0.25, -0.2) is 9.18 Å². The minimum atomic E-state index is -0.398. The minimum Gasteiger partial charge on any atom is -0.467 e. The van der Waals surface area contributed by atoms with Crippen molar-refractivity contribution in [3.63, 3.8) is 0 Å². The van der Waals surface area contributed by atoms with Gasteiger partial charge in [0.1, 0.15) is 11.9 Å². The molecule has 0 radical (unpaired) electrons. The van der Waals surface area contributed by atoms with Gasteiger partial charge >= 0.3 is 5.97 Å². The maximum absolute atomic E-state index is 13.2. The third-order valence-electron chi connectivity index (χ3n) is 3.94. The van der Waals surface area contributed by atoms with E-state index in [1.54, 1.807) is 12.1 Å². The van der Waals surface area contributed by atoms with Crippen molar-refractivity contribution in [3.8, 4) is 0 Å². The predicted molar refractivity (Wildman–Crippen MR) is 77.0 cm³/mol. The summed E-state index contributed by atoms with van der Waals surface area (Å²) < 4.78 is 18.1. The molecular weight excluding hydrogens is 257 g/mol. The number of carbonyl (C=O) groups excluding carboxylic acids is 1. The average Bonchev–Trinajstić information content (AvgIpc) is 2.47. The number of hydrogen-bond donors (Lipinski definition) is 1. The van der Waals surface area contributed by atoms with E-state index in [-0.39, 0.29) is 11.8 Å². The second kappa shape index (κ2) is 7.27. The molecular formula is C16H22FNO2. The van der Waals surface area contributed by atoms with E-state index in [1.165, 1.54) is 51.3 Å². The molecule has 20 heavy (non-hydrogen) atoms. The van der Waals surface area contributed by atoms with Crippen LogP contribution in [0, 0.1) is 11.7 Å². The Hall–Kier alpha value is -1.58. The average molecular weight is 279 g/mol. The van der Waals surface area contributed by atoms with Crippen LogP contribution in [0.4, 0.5) is 10.1 Å². The molecule has 1 aliphatic carbocycles. The molecule has 0 aliphatic heterocycles. The predicted octanol–water partition coefficient (Wildman–Crippen LogP) is 3.75. The third-order valence-corrected chi connectivity index (χ3v) is 3.94. The Morgan fingerprint density at radius 1 is 1.40 bits per heavy atom. The van der Waals surface area contributed by atoms with Crippen LogP contribution in [0.2, 0.25) is 0 Å². The quantitative estimate of drug-likeness (QED) is 0.834. The van der Waals surface area contributed by atoms with E-state index in [2.05, 4.69) is 5.32 Å². The second-order valence-corrected chi connectivity index (χ2v) is 5.47. The maximum Gasteiger partial charge on any atom is 0.328 e. The summed E-state index contributed by atoms with van der Waals surface area (Å²) in [7, 11) is 1.39. The normalized spacial score (nSPS) is 17.5. The van der Waals surface area contributed by atoms with Gasteiger partial charge in [-0.15, -0.1) is 0 Å². The zero-order chi connectivity index (χ0) is 14.4. The Morgan fingerprint density at radius 3 is 2.80 bits per heavy atom. The lowest BCUT2D eigenvalue weighted by Crippen LogP contribution is -2.33. The highest BCUT2D eigenvalue weighted by Crippen LogP contribution is 2.28. The monoisotopic (exact) mass is 279 g/mol. The largest absolute Gasteiger partial charge is 0.467 e. The van der Waals surface area contributed by atoms with E-state index in [0.717, 1.165) is 6.42 Å². The fourth-order valence-electron chi connectivity index (χ4n) is 2.89. The summed E-state index contributed by atoms with van der Waals surface area (Å²) in [5.41, 5.74) is 0.621. The molecule has 1 aromatic carbocycles. The Bertz CT molecular complexity index is 444. The number of esters is 1. The molecule has 0 spiro atoms. The number of benzene rings is 1. The van der Waals surface area contributed by atoms with Gasteiger partial charge in [0.25, 0.3) is 0 Å². The summed E-state index contributed by atoms with van der Waals surface area (Å²) in [6, 6.07) is 5.79. The number of carbonyl (C=O) groups is 1. The van der Waals surface area contributed by atoms with Gasteiger partial charge in [-0.3, -0.25) is 0 Å². The van der Waals surface area contributed by atoms with Gasteiger partial charge in [0.05, 0.1) is 7.11 Å². The van der Waals surface area contributed by atoms with E-state index >= 15 is 0 Å². The summed E-state index contributed by atoms with van der Waals surface area (Å²) in [5, 5.41) is 3.10. The van der Waals surface area contributed by atoms with Gasteiger partial charge < -0.3 is 10.1 Å². The Morgan fingerprint density at radius 2 is 2.15 bits per heavy atom. The molecule has 0 amide bonds. The summed E-state index contributed by atoms with van der Waals surface area (Å²) in [4.78, 5) is 11.9. The topological polar surface area (TPSA) is 38.3 Å². The summed E-state index contributed by atoms with van der Waals surface area (Å²) in [6.07, 6.45) is 6.84. The molecule has 0 heterocycles. The number of halogens is 1. The molecule has 1 atom stereocenters. The lowest BCUT2D eigenvalue weighted by molar-refractivity contribution is -0.142. The first kappa shape index (κ1) is 14.8. The molecule has 1 N–H and O–H groups in total. The molecule has 0 aromatic heterocycles. The highest BCUT2D eigenvalue weighted by molar-refractivity contribution is 5.79. The number of hydrogen-bond acceptors (Lipinski definition) is 3. The molecule has 1 saturated carbocycles. The van der Waals surface area contributed by atoms with Crippen LogP contribution in [0.25, 0.3) is 0 Å². The van der Waals surface area contributed by atoms with E-state index in [9.17, 15) is 9.18 Å². The van der Waals surface area contributed by atoms with Crippen molar-refractivity contribution in [1.82, 2.24) is 0 Å². The van der Waals surface area contributed by atoms with E-state index in [0.29, 0.717) is 11.6 Å². The summed E-state index contributed by atoms with van der Waals surface area (Å²) >= 11 is 0. The van der Waals surface area contributed by atoms with Crippen LogP contribution >= 0.6 is 0 Å². The molecule has 1 fully saturated rings. The lowest BCUT2D eigenvalue weighted by atomic mass is 9.85. The molecule has 1 unspecified atom stereocenters. The first-order valence-electron chi connectivity index (χ1n) is 7.29. The number of methoxy groups -OCH3 is 1. The SMILES string of the molecule is COC(=O)C(CC1CCCCC1)Nc1cccc(F)c1. The third kappa shape index (κ3) is 4.22. The first-order valence-corrected chi connectivity index (χ1v) is 7.29. The number of nitrogens with one attached hydrogen (secondary N) is 1. The van der Waals surface area contributed by atoms with Crippen LogP contribution in [0.5, 0.6) is 0 Å². The number of rotatable bonds is 5. The molecule has 0 bridgehead atoms. The lowest BCUT2D eigenvalue weighted by Gasteiger charge is -2.26. The number of ether oxygens (including phenoxy) is 1. The Labute approximate surface area is 119 Å². The van der Waals surface area contributed by atoms with Gasteiger partial charge in [0.2, 0.25) is 0 Å². The van der Waals surface area contributed by atoms with E-state index in [4.69, 9.17) is 4.74 Å². The zero-order valence-electron chi connectivity index (χ0n) is 11.9. The van der Waals surface area contributed by atoms with Crippen LogP contribution in [0.1, 0.15) is 38.5 Å². The smallest absolute Gasteiger partial charge is 0.328 e. The minimum absolute atomic E-state index is 0.278. The first-order chi connectivity index (χ1) is 9.69. The van der Waals surface area contributed by atoms with Crippen molar-refractivity contribution in [1.29, 1.82) is 0 Å². The summed E-state index contributed by atoms with van der Waals surface area (Å²) in [6.45, 7) is 0. The zero-order valence-corrected chi connectivity index (χ0v) is 11.9. The van der Waals surface area contributed by atoms with Crippen LogP contribution < -0.4 is 5.32 Å². The second-order valence-electron chi connectivity index (χ2n) is 5.47. The fraction of sp³-hybridized carbons (Fsp3) is 0.562. The van der Waals surface area contributed by atoms with Gasteiger partial charge in [0, 0.05) is 5.69 Å². The Kier molecular flexibility index (Phi) is 5.39. The van der Waals surface area contributed by atoms with Crippen molar-refractivity contribution in [2.75, 3.05) is 12.4 Å². The fourth-order valence-corrected chi connectivity index (χ4v) is 2.89.